The fraction of sp³-hybridized carbons (Fsp3) is 0.250. The number of hydrogen-bond donors (Lipinski definition) is 1. The molecule has 5 heteroatoms. The van der Waals surface area contributed by atoms with Crippen LogP contribution in [0.15, 0.2) is 45.2 Å². The van der Waals surface area contributed by atoms with Gasteiger partial charge in [-0.25, -0.2) is 0 Å². The maximum absolute atomic E-state index is 12.0. The highest BCUT2D eigenvalue weighted by atomic mass is 32.2. The summed E-state index contributed by atoms with van der Waals surface area (Å²) in [5.74, 6) is 0.487. The van der Waals surface area contributed by atoms with E-state index in [1.54, 1.807) is 18.2 Å². The summed E-state index contributed by atoms with van der Waals surface area (Å²) in [7, 11) is -3.54. The number of rotatable bonds is 1. The van der Waals surface area contributed by atoms with Crippen LogP contribution in [0, 0.1) is 0 Å². The lowest BCUT2D eigenvalue weighted by Crippen LogP contribution is -2.22. The Balaban J connectivity index is 2.11. The normalized spacial score (nSPS) is 21.2. The number of nitrogens with zero attached hydrogens (tertiary/aromatic N) is 1. The van der Waals surface area contributed by atoms with Gasteiger partial charge in [0.2, 0.25) is 0 Å². The van der Waals surface area contributed by atoms with Gasteiger partial charge >= 0.3 is 0 Å². The van der Waals surface area contributed by atoms with Crippen molar-refractivity contribution in [2.24, 2.45) is 4.40 Å². The molecule has 2 aliphatic rings. The largest absolute Gasteiger partial charge is 0.338 e. The van der Waals surface area contributed by atoms with E-state index in [0.717, 1.165) is 24.8 Å². The van der Waals surface area contributed by atoms with E-state index in [1.807, 2.05) is 6.07 Å². The summed E-state index contributed by atoms with van der Waals surface area (Å²) in [6.07, 6.45) is 5.01. The Bertz CT molecular complexity index is 630. The topological polar surface area (TPSA) is 58.5 Å². The molecule has 1 heterocycles. The van der Waals surface area contributed by atoms with Gasteiger partial charge in [0.15, 0.2) is 0 Å². The van der Waals surface area contributed by atoms with Crippen molar-refractivity contribution in [2.45, 2.75) is 24.2 Å². The van der Waals surface area contributed by atoms with Crippen molar-refractivity contribution in [3.05, 3.63) is 35.9 Å². The van der Waals surface area contributed by atoms with Crippen LogP contribution in [0.3, 0.4) is 0 Å². The smallest absolute Gasteiger partial charge is 0.286 e. The molecule has 0 unspecified atom stereocenters. The Kier molecular flexibility index (Phi) is 2.29. The molecule has 4 nitrogen and oxygen atoms in total. The highest BCUT2D eigenvalue weighted by Crippen LogP contribution is 2.30. The van der Waals surface area contributed by atoms with Gasteiger partial charge in [0.1, 0.15) is 10.7 Å². The van der Waals surface area contributed by atoms with Gasteiger partial charge in [0.25, 0.3) is 10.0 Å². The summed E-state index contributed by atoms with van der Waals surface area (Å²) in [6, 6.07) is 6.85. The number of para-hydroxylation sites is 1. The molecule has 17 heavy (non-hydrogen) atoms. The maximum Gasteiger partial charge on any atom is 0.286 e. The first-order valence-electron chi connectivity index (χ1n) is 5.57. The molecule has 0 saturated carbocycles. The van der Waals surface area contributed by atoms with E-state index in [4.69, 9.17) is 0 Å². The van der Waals surface area contributed by atoms with Crippen LogP contribution in [0.2, 0.25) is 0 Å². The minimum absolute atomic E-state index is 0.252. The van der Waals surface area contributed by atoms with Gasteiger partial charge in [-0.1, -0.05) is 18.2 Å². The number of benzene rings is 1. The highest BCUT2D eigenvalue weighted by Gasteiger charge is 2.26. The number of nitrogens with one attached hydrogen (secondary N) is 1. The Labute approximate surface area is 100 Å². The van der Waals surface area contributed by atoms with Crippen molar-refractivity contribution in [2.75, 3.05) is 5.32 Å². The fourth-order valence-electron chi connectivity index (χ4n) is 2.14. The zero-order valence-corrected chi connectivity index (χ0v) is 10.00. The summed E-state index contributed by atoms with van der Waals surface area (Å²) in [6.45, 7) is 0. The lowest BCUT2D eigenvalue weighted by molar-refractivity contribution is 0.598. The van der Waals surface area contributed by atoms with E-state index >= 15 is 0 Å². The molecule has 1 aromatic carbocycles. The van der Waals surface area contributed by atoms with Gasteiger partial charge in [-0.05, 0) is 37.0 Å². The molecule has 0 atom stereocenters. The summed E-state index contributed by atoms with van der Waals surface area (Å²) in [5, 5.41) is 3.10. The van der Waals surface area contributed by atoms with Crippen LogP contribution >= 0.6 is 0 Å². The predicted octanol–water partition coefficient (Wildman–Crippen LogP) is 2.31. The Morgan fingerprint density at radius 3 is 2.82 bits per heavy atom. The van der Waals surface area contributed by atoms with Gasteiger partial charge < -0.3 is 5.32 Å². The van der Waals surface area contributed by atoms with Crippen LogP contribution in [-0.4, -0.2) is 14.3 Å². The molecule has 1 N–H and O–H groups in total. The molecule has 0 saturated heterocycles. The van der Waals surface area contributed by atoms with Crippen LogP contribution in [0.25, 0.3) is 0 Å². The molecule has 0 spiro atoms. The summed E-state index contributed by atoms with van der Waals surface area (Å²) < 4.78 is 27.8. The third-order valence-electron chi connectivity index (χ3n) is 2.97. The molecule has 1 aliphatic heterocycles. The molecule has 88 valence electrons. The van der Waals surface area contributed by atoms with Gasteiger partial charge in [0, 0.05) is 0 Å². The molecule has 0 bridgehead atoms. The second-order valence-corrected chi connectivity index (χ2v) is 5.73. The maximum atomic E-state index is 12.0. The first-order chi connectivity index (χ1) is 8.17. The van der Waals surface area contributed by atoms with Crippen molar-refractivity contribution >= 4 is 21.5 Å². The minimum atomic E-state index is -3.54. The highest BCUT2D eigenvalue weighted by molar-refractivity contribution is 7.90. The fourth-order valence-corrected chi connectivity index (χ4v) is 3.29. The molecule has 0 radical (unpaired) electrons. The van der Waals surface area contributed by atoms with Crippen molar-refractivity contribution in [1.29, 1.82) is 0 Å². The zero-order valence-electron chi connectivity index (χ0n) is 9.18. The molecule has 0 fully saturated rings. The monoisotopic (exact) mass is 248 g/mol. The van der Waals surface area contributed by atoms with Crippen molar-refractivity contribution in [3.63, 3.8) is 0 Å². The van der Waals surface area contributed by atoms with Crippen molar-refractivity contribution < 1.29 is 8.42 Å². The lowest BCUT2D eigenvalue weighted by atomic mass is 10.2. The number of allylic oxidation sites excluding steroid dienone is 1. The summed E-state index contributed by atoms with van der Waals surface area (Å²) >= 11 is 0. The zero-order chi connectivity index (χ0) is 11.9. The lowest BCUT2D eigenvalue weighted by Gasteiger charge is -2.18. The molecule has 0 aromatic heterocycles. The average Bonchev–Trinajstić information content (AvgIpc) is 2.81. The predicted molar refractivity (Wildman–Crippen MR) is 66.6 cm³/mol. The minimum Gasteiger partial charge on any atom is -0.338 e. The number of amidine groups is 1. The van der Waals surface area contributed by atoms with E-state index in [2.05, 4.69) is 15.8 Å². The van der Waals surface area contributed by atoms with E-state index < -0.39 is 10.0 Å². The average molecular weight is 248 g/mol. The summed E-state index contributed by atoms with van der Waals surface area (Å²) in [4.78, 5) is 0.252. The van der Waals surface area contributed by atoms with Crippen LogP contribution in [0.4, 0.5) is 5.69 Å². The Morgan fingerprint density at radius 1 is 1.24 bits per heavy atom. The Hall–Kier alpha value is -1.62. The molecule has 3 rings (SSSR count). The van der Waals surface area contributed by atoms with Crippen molar-refractivity contribution in [3.8, 4) is 0 Å². The molecular formula is C12H12N2O2S. The molecule has 1 aromatic rings. The number of hydrogen-bond acceptors (Lipinski definition) is 3. The van der Waals surface area contributed by atoms with Crippen molar-refractivity contribution in [1.82, 2.24) is 0 Å². The van der Waals surface area contributed by atoms with Crippen LogP contribution in [-0.2, 0) is 10.0 Å². The van der Waals surface area contributed by atoms with E-state index in [1.165, 1.54) is 0 Å². The van der Waals surface area contributed by atoms with Gasteiger partial charge in [0.05, 0.1) is 5.69 Å². The third kappa shape index (κ3) is 1.76. The second-order valence-electron chi connectivity index (χ2n) is 4.16. The first-order valence-corrected chi connectivity index (χ1v) is 7.01. The third-order valence-corrected chi connectivity index (χ3v) is 4.31. The van der Waals surface area contributed by atoms with Crippen LogP contribution < -0.4 is 5.32 Å². The number of anilines is 1. The van der Waals surface area contributed by atoms with E-state index in [9.17, 15) is 8.42 Å². The van der Waals surface area contributed by atoms with Gasteiger partial charge in [-0.3, -0.25) is 0 Å². The molecule has 0 amide bonds. The van der Waals surface area contributed by atoms with Crippen LogP contribution in [0.1, 0.15) is 19.3 Å². The first kappa shape index (κ1) is 10.5. The quantitative estimate of drug-likeness (QED) is 0.829. The standard InChI is InChI=1S/C12H12N2O2S/c15-17(16)11-8-4-3-7-10(11)13-12(14-17)9-5-1-2-6-9/h3-5,7-8H,1-2,6H2,(H,13,14). The number of sulfonamides is 1. The van der Waals surface area contributed by atoms with Gasteiger partial charge in [-0.15, -0.1) is 4.40 Å². The molecule has 1 aliphatic carbocycles. The summed E-state index contributed by atoms with van der Waals surface area (Å²) in [5.41, 5.74) is 1.62. The van der Waals surface area contributed by atoms with E-state index in [-0.39, 0.29) is 4.90 Å². The van der Waals surface area contributed by atoms with E-state index in [0.29, 0.717) is 11.5 Å². The second kappa shape index (κ2) is 3.70. The molecular weight excluding hydrogens is 236 g/mol. The Morgan fingerprint density at radius 2 is 2.06 bits per heavy atom. The van der Waals surface area contributed by atoms with Crippen LogP contribution in [0.5, 0.6) is 0 Å². The SMILES string of the molecule is O=S1(=O)N=C(C2=CCCC2)Nc2ccccc21. The number of fused-ring (bicyclic) bond motifs is 1. The van der Waals surface area contributed by atoms with Gasteiger partial charge in [-0.2, -0.15) is 8.42 Å².